The quantitative estimate of drug-likeness (QED) is 0.449. The standard InChI is InChI=1S/C6H9NO3/c7-6(9)10-5(8)3-4-1-2-4/h4H,1-3H2,(H2,7,9). The lowest BCUT2D eigenvalue weighted by atomic mass is 10.3. The number of ether oxygens (including phenoxy) is 1. The topological polar surface area (TPSA) is 69.4 Å². The second-order valence-electron chi connectivity index (χ2n) is 2.44. The molecule has 1 aliphatic carbocycles. The zero-order valence-corrected chi connectivity index (χ0v) is 5.50. The van der Waals surface area contributed by atoms with Crippen molar-refractivity contribution in [1.82, 2.24) is 0 Å². The van der Waals surface area contributed by atoms with Crippen LogP contribution in [0.2, 0.25) is 0 Å². The van der Waals surface area contributed by atoms with Gasteiger partial charge in [-0.3, -0.25) is 4.79 Å². The van der Waals surface area contributed by atoms with Crippen molar-refractivity contribution in [2.45, 2.75) is 19.3 Å². The first-order valence-electron chi connectivity index (χ1n) is 3.18. The van der Waals surface area contributed by atoms with Crippen LogP contribution in [0.1, 0.15) is 19.3 Å². The molecule has 0 aromatic heterocycles. The molecular formula is C6H9NO3. The van der Waals surface area contributed by atoms with Crippen LogP contribution >= 0.6 is 0 Å². The fourth-order valence-corrected chi connectivity index (χ4v) is 0.712. The number of primary amides is 1. The van der Waals surface area contributed by atoms with E-state index in [4.69, 9.17) is 0 Å². The summed E-state index contributed by atoms with van der Waals surface area (Å²) in [7, 11) is 0. The molecule has 0 heterocycles. The Hall–Kier alpha value is -1.06. The molecule has 1 aliphatic rings. The van der Waals surface area contributed by atoms with Gasteiger partial charge in [0.1, 0.15) is 0 Å². The number of hydrogen-bond acceptors (Lipinski definition) is 3. The van der Waals surface area contributed by atoms with Gasteiger partial charge in [0.2, 0.25) is 0 Å². The van der Waals surface area contributed by atoms with E-state index in [1.807, 2.05) is 0 Å². The molecule has 10 heavy (non-hydrogen) atoms. The Kier molecular flexibility index (Phi) is 1.89. The molecule has 0 spiro atoms. The molecule has 0 unspecified atom stereocenters. The molecule has 1 amide bonds. The Morgan fingerprint density at radius 1 is 1.50 bits per heavy atom. The van der Waals surface area contributed by atoms with Crippen LogP contribution in [0.5, 0.6) is 0 Å². The lowest BCUT2D eigenvalue weighted by molar-refractivity contribution is -0.137. The van der Waals surface area contributed by atoms with Crippen LogP contribution in [0.4, 0.5) is 4.79 Å². The Balaban J connectivity index is 2.14. The molecule has 0 saturated heterocycles. The minimum Gasteiger partial charge on any atom is -0.376 e. The second-order valence-corrected chi connectivity index (χ2v) is 2.44. The van der Waals surface area contributed by atoms with Crippen molar-refractivity contribution >= 4 is 12.1 Å². The molecule has 0 radical (unpaired) electrons. The van der Waals surface area contributed by atoms with Crippen molar-refractivity contribution in [2.75, 3.05) is 0 Å². The number of amides is 1. The van der Waals surface area contributed by atoms with Crippen LogP contribution in [-0.2, 0) is 9.53 Å². The van der Waals surface area contributed by atoms with Gasteiger partial charge in [-0.25, -0.2) is 4.79 Å². The van der Waals surface area contributed by atoms with Gasteiger partial charge in [0.15, 0.2) is 0 Å². The van der Waals surface area contributed by atoms with E-state index < -0.39 is 12.1 Å². The van der Waals surface area contributed by atoms with E-state index in [9.17, 15) is 9.59 Å². The van der Waals surface area contributed by atoms with Crippen molar-refractivity contribution in [3.8, 4) is 0 Å². The summed E-state index contributed by atoms with van der Waals surface area (Å²) in [6, 6.07) is 0. The zero-order valence-electron chi connectivity index (χ0n) is 5.50. The predicted molar refractivity (Wildman–Crippen MR) is 33.0 cm³/mol. The number of rotatable bonds is 2. The molecule has 4 nitrogen and oxygen atoms in total. The number of carbonyl (C=O) groups is 2. The molecule has 56 valence electrons. The smallest absolute Gasteiger partial charge is 0.376 e. The number of nitrogens with two attached hydrogens (primary N) is 1. The number of esters is 1. The number of hydrogen-bond donors (Lipinski definition) is 1. The third-order valence-corrected chi connectivity index (χ3v) is 1.37. The molecule has 0 aliphatic heterocycles. The van der Waals surface area contributed by atoms with Crippen molar-refractivity contribution in [1.29, 1.82) is 0 Å². The van der Waals surface area contributed by atoms with Crippen molar-refractivity contribution in [2.24, 2.45) is 11.7 Å². The van der Waals surface area contributed by atoms with E-state index in [0.29, 0.717) is 12.3 Å². The van der Waals surface area contributed by atoms with E-state index >= 15 is 0 Å². The lowest BCUT2D eigenvalue weighted by Gasteiger charge is -1.95. The summed E-state index contributed by atoms with van der Waals surface area (Å²) < 4.78 is 4.10. The Morgan fingerprint density at radius 2 is 2.10 bits per heavy atom. The molecule has 2 N–H and O–H groups in total. The van der Waals surface area contributed by atoms with Crippen molar-refractivity contribution < 1.29 is 14.3 Å². The maximum atomic E-state index is 10.6. The summed E-state index contributed by atoms with van der Waals surface area (Å²) in [4.78, 5) is 20.6. The minimum atomic E-state index is -1.01. The van der Waals surface area contributed by atoms with Crippen LogP contribution in [0, 0.1) is 5.92 Å². The molecule has 0 atom stereocenters. The van der Waals surface area contributed by atoms with Crippen molar-refractivity contribution in [3.63, 3.8) is 0 Å². The summed E-state index contributed by atoms with van der Waals surface area (Å²) in [5, 5.41) is 0. The van der Waals surface area contributed by atoms with Crippen LogP contribution in [-0.4, -0.2) is 12.1 Å². The highest BCUT2D eigenvalue weighted by molar-refractivity contribution is 5.83. The van der Waals surface area contributed by atoms with Gasteiger partial charge in [-0.15, -0.1) is 0 Å². The summed E-state index contributed by atoms with van der Waals surface area (Å²) >= 11 is 0. The zero-order chi connectivity index (χ0) is 7.56. The lowest BCUT2D eigenvalue weighted by Crippen LogP contribution is -2.18. The summed E-state index contributed by atoms with van der Waals surface area (Å²) in [5.41, 5.74) is 4.61. The van der Waals surface area contributed by atoms with Gasteiger partial charge in [-0.2, -0.15) is 0 Å². The van der Waals surface area contributed by atoms with E-state index in [-0.39, 0.29) is 0 Å². The summed E-state index contributed by atoms with van der Waals surface area (Å²) in [5.74, 6) is -0.0677. The summed E-state index contributed by atoms with van der Waals surface area (Å²) in [6.07, 6.45) is 1.45. The molecule has 0 bridgehead atoms. The van der Waals surface area contributed by atoms with Gasteiger partial charge < -0.3 is 10.5 Å². The third-order valence-electron chi connectivity index (χ3n) is 1.37. The maximum absolute atomic E-state index is 10.6. The largest absolute Gasteiger partial charge is 0.412 e. The molecule has 4 heteroatoms. The minimum absolute atomic E-state index is 0.336. The molecule has 1 rings (SSSR count). The Bertz CT molecular complexity index is 162. The van der Waals surface area contributed by atoms with Gasteiger partial charge in [0.25, 0.3) is 0 Å². The number of carbonyl (C=O) groups excluding carboxylic acids is 2. The fourth-order valence-electron chi connectivity index (χ4n) is 0.712. The van der Waals surface area contributed by atoms with E-state index in [2.05, 4.69) is 10.5 Å². The van der Waals surface area contributed by atoms with Crippen LogP contribution < -0.4 is 5.73 Å². The molecular weight excluding hydrogens is 134 g/mol. The Morgan fingerprint density at radius 3 is 2.50 bits per heavy atom. The van der Waals surface area contributed by atoms with Crippen LogP contribution in [0.15, 0.2) is 0 Å². The van der Waals surface area contributed by atoms with E-state index in [1.165, 1.54) is 0 Å². The van der Waals surface area contributed by atoms with Gasteiger partial charge in [0, 0.05) is 6.42 Å². The fraction of sp³-hybridized carbons (Fsp3) is 0.667. The van der Waals surface area contributed by atoms with Gasteiger partial charge in [-0.1, -0.05) is 0 Å². The second kappa shape index (κ2) is 2.68. The first-order chi connectivity index (χ1) is 4.68. The van der Waals surface area contributed by atoms with Crippen LogP contribution in [0.3, 0.4) is 0 Å². The monoisotopic (exact) mass is 143 g/mol. The maximum Gasteiger partial charge on any atom is 0.412 e. The molecule has 1 saturated carbocycles. The SMILES string of the molecule is NC(=O)OC(=O)CC1CC1. The molecule has 0 aromatic rings. The Labute approximate surface area is 58.3 Å². The average molecular weight is 143 g/mol. The molecule has 0 aromatic carbocycles. The van der Waals surface area contributed by atoms with Gasteiger partial charge in [-0.05, 0) is 18.8 Å². The normalized spacial score (nSPS) is 16.4. The predicted octanol–water partition coefficient (Wildman–Crippen LogP) is 0.408. The van der Waals surface area contributed by atoms with Gasteiger partial charge in [0.05, 0.1) is 0 Å². The highest BCUT2D eigenvalue weighted by Crippen LogP contribution is 2.32. The first kappa shape index (κ1) is 7.05. The molecule has 1 fully saturated rings. The van der Waals surface area contributed by atoms with E-state index in [1.54, 1.807) is 0 Å². The first-order valence-corrected chi connectivity index (χ1v) is 3.18. The highest BCUT2D eigenvalue weighted by Gasteiger charge is 2.25. The van der Waals surface area contributed by atoms with E-state index in [0.717, 1.165) is 12.8 Å². The summed E-state index contributed by atoms with van der Waals surface area (Å²) in [6.45, 7) is 0. The van der Waals surface area contributed by atoms with Crippen molar-refractivity contribution in [3.05, 3.63) is 0 Å². The average Bonchev–Trinajstić information content (AvgIpc) is 2.46. The highest BCUT2D eigenvalue weighted by atomic mass is 16.6. The van der Waals surface area contributed by atoms with Crippen LogP contribution in [0.25, 0.3) is 0 Å². The van der Waals surface area contributed by atoms with Gasteiger partial charge >= 0.3 is 12.1 Å². The third kappa shape index (κ3) is 2.48.